The normalized spacial score (nSPS) is 16.8. The molecule has 3 aromatic heterocycles. The van der Waals surface area contributed by atoms with Gasteiger partial charge in [-0.15, -0.1) is 0 Å². The highest BCUT2D eigenvalue weighted by Gasteiger charge is 2.31. The standard InChI is InChI=1S/C21H17FN4O2/c22-16-4-1-3-14(11-16)21(27)25-9-6-17(12-25)26-19(15-7-10-28-13-15)24-18-5-2-8-23-20(18)26/h1-5,7-8,10-11,13,17H,6,9,12H2. The van der Waals surface area contributed by atoms with Gasteiger partial charge < -0.3 is 13.9 Å². The van der Waals surface area contributed by atoms with Crippen molar-refractivity contribution in [3.05, 3.63) is 72.6 Å². The van der Waals surface area contributed by atoms with Crippen molar-refractivity contribution in [1.29, 1.82) is 0 Å². The van der Waals surface area contributed by atoms with Crippen LogP contribution in [0.5, 0.6) is 0 Å². The number of nitrogens with zero attached hydrogens (tertiary/aromatic N) is 4. The molecule has 0 aliphatic carbocycles. The summed E-state index contributed by atoms with van der Waals surface area (Å²) in [6, 6.07) is 11.5. The van der Waals surface area contributed by atoms with Crippen LogP contribution in [0.3, 0.4) is 0 Å². The van der Waals surface area contributed by atoms with Crippen LogP contribution in [0.1, 0.15) is 22.8 Å². The number of likely N-dealkylation sites (tertiary alicyclic amines) is 1. The van der Waals surface area contributed by atoms with Crippen molar-refractivity contribution in [3.63, 3.8) is 0 Å². The predicted octanol–water partition coefficient (Wildman–Crippen LogP) is 3.92. The molecule has 0 bridgehead atoms. The highest BCUT2D eigenvalue weighted by Crippen LogP contribution is 2.32. The lowest BCUT2D eigenvalue weighted by Crippen LogP contribution is -2.29. The summed E-state index contributed by atoms with van der Waals surface area (Å²) in [5.74, 6) is 0.199. The summed E-state index contributed by atoms with van der Waals surface area (Å²) in [7, 11) is 0. The van der Waals surface area contributed by atoms with Gasteiger partial charge in [-0.05, 0) is 42.8 Å². The summed E-state index contributed by atoms with van der Waals surface area (Å²) in [5, 5.41) is 0. The summed E-state index contributed by atoms with van der Waals surface area (Å²) in [6.45, 7) is 1.11. The molecule has 1 aliphatic heterocycles. The summed E-state index contributed by atoms with van der Waals surface area (Å²) in [5.41, 5.74) is 2.81. The van der Waals surface area contributed by atoms with Crippen LogP contribution in [0.25, 0.3) is 22.6 Å². The SMILES string of the molecule is O=C(c1cccc(F)c1)N1CCC(n2c(-c3ccoc3)nc3cccnc32)C1. The lowest BCUT2D eigenvalue weighted by molar-refractivity contribution is 0.0787. The molecule has 1 fully saturated rings. The molecule has 0 spiro atoms. The Hall–Kier alpha value is -3.48. The lowest BCUT2D eigenvalue weighted by atomic mass is 10.2. The van der Waals surface area contributed by atoms with E-state index in [1.54, 1.807) is 35.8 Å². The van der Waals surface area contributed by atoms with E-state index in [0.717, 1.165) is 29.0 Å². The maximum Gasteiger partial charge on any atom is 0.254 e. The van der Waals surface area contributed by atoms with Crippen LogP contribution in [0.2, 0.25) is 0 Å². The third-order valence-electron chi connectivity index (χ3n) is 5.12. The van der Waals surface area contributed by atoms with E-state index in [1.807, 2.05) is 18.2 Å². The molecule has 0 N–H and O–H groups in total. The molecule has 0 radical (unpaired) electrons. The summed E-state index contributed by atoms with van der Waals surface area (Å²) >= 11 is 0. The minimum absolute atomic E-state index is 0.0299. The van der Waals surface area contributed by atoms with Crippen molar-refractivity contribution in [2.75, 3.05) is 13.1 Å². The fraction of sp³-hybridized carbons (Fsp3) is 0.190. The molecule has 1 saturated heterocycles. The van der Waals surface area contributed by atoms with Gasteiger partial charge in [-0.3, -0.25) is 4.79 Å². The van der Waals surface area contributed by atoms with Gasteiger partial charge in [0.05, 0.1) is 17.9 Å². The number of hydrogen-bond donors (Lipinski definition) is 0. The molecule has 1 amide bonds. The molecule has 7 heteroatoms. The third kappa shape index (κ3) is 2.76. The van der Waals surface area contributed by atoms with E-state index in [9.17, 15) is 9.18 Å². The maximum atomic E-state index is 13.5. The third-order valence-corrected chi connectivity index (χ3v) is 5.12. The number of benzene rings is 1. The van der Waals surface area contributed by atoms with Crippen LogP contribution in [-0.4, -0.2) is 38.4 Å². The number of rotatable bonds is 3. The molecule has 140 valence electrons. The van der Waals surface area contributed by atoms with Gasteiger partial charge in [-0.25, -0.2) is 14.4 Å². The molecule has 5 rings (SSSR count). The number of aromatic nitrogens is 3. The van der Waals surface area contributed by atoms with E-state index < -0.39 is 5.82 Å². The highest BCUT2D eigenvalue weighted by atomic mass is 19.1. The number of carbonyl (C=O) groups excluding carboxylic acids is 1. The van der Waals surface area contributed by atoms with Crippen molar-refractivity contribution < 1.29 is 13.6 Å². The first kappa shape index (κ1) is 16.7. The van der Waals surface area contributed by atoms with Gasteiger partial charge >= 0.3 is 0 Å². The number of pyridine rings is 1. The van der Waals surface area contributed by atoms with E-state index in [-0.39, 0.29) is 11.9 Å². The molecule has 4 heterocycles. The lowest BCUT2D eigenvalue weighted by Gasteiger charge is -2.18. The first-order chi connectivity index (χ1) is 13.7. The number of amides is 1. The Morgan fingerprint density at radius 1 is 1.21 bits per heavy atom. The second-order valence-corrected chi connectivity index (χ2v) is 6.87. The van der Waals surface area contributed by atoms with E-state index in [0.29, 0.717) is 18.7 Å². The Bertz CT molecular complexity index is 1150. The molecule has 1 aromatic carbocycles. The molecule has 28 heavy (non-hydrogen) atoms. The van der Waals surface area contributed by atoms with Crippen LogP contribution in [0.15, 0.2) is 65.6 Å². The van der Waals surface area contributed by atoms with E-state index >= 15 is 0 Å². The fourth-order valence-corrected chi connectivity index (χ4v) is 3.81. The number of halogens is 1. The number of hydrogen-bond acceptors (Lipinski definition) is 4. The number of fused-ring (bicyclic) bond motifs is 1. The molecule has 1 unspecified atom stereocenters. The van der Waals surface area contributed by atoms with E-state index in [4.69, 9.17) is 9.40 Å². The van der Waals surface area contributed by atoms with Crippen molar-refractivity contribution >= 4 is 17.1 Å². The van der Waals surface area contributed by atoms with Crippen LogP contribution in [0, 0.1) is 5.82 Å². The second kappa shape index (κ2) is 6.60. The van der Waals surface area contributed by atoms with Gasteiger partial charge in [0.15, 0.2) is 5.65 Å². The minimum atomic E-state index is -0.409. The smallest absolute Gasteiger partial charge is 0.254 e. The summed E-state index contributed by atoms with van der Waals surface area (Å²) in [6.07, 6.45) is 5.78. The minimum Gasteiger partial charge on any atom is -0.472 e. The topological polar surface area (TPSA) is 64.2 Å². The maximum absolute atomic E-state index is 13.5. The van der Waals surface area contributed by atoms with E-state index in [1.165, 1.54) is 12.1 Å². The first-order valence-electron chi connectivity index (χ1n) is 9.11. The molecule has 1 aliphatic rings. The number of imidazole rings is 1. The average Bonchev–Trinajstić information content (AvgIpc) is 3.45. The Kier molecular flexibility index (Phi) is 3.93. The molecule has 1 atom stereocenters. The predicted molar refractivity (Wildman–Crippen MR) is 101 cm³/mol. The van der Waals surface area contributed by atoms with Gasteiger partial charge in [0.2, 0.25) is 0 Å². The fourth-order valence-electron chi connectivity index (χ4n) is 3.81. The first-order valence-corrected chi connectivity index (χ1v) is 9.11. The molecule has 4 aromatic rings. The van der Waals surface area contributed by atoms with Crippen molar-refractivity contribution in [1.82, 2.24) is 19.4 Å². The summed E-state index contributed by atoms with van der Waals surface area (Å²) < 4.78 is 20.8. The number of carbonyl (C=O) groups is 1. The quantitative estimate of drug-likeness (QED) is 0.544. The number of furan rings is 1. The van der Waals surface area contributed by atoms with Gasteiger partial charge in [-0.1, -0.05) is 6.07 Å². The Morgan fingerprint density at radius 2 is 2.14 bits per heavy atom. The Balaban J connectivity index is 1.50. The zero-order valence-corrected chi connectivity index (χ0v) is 15.0. The van der Waals surface area contributed by atoms with E-state index in [2.05, 4.69) is 9.55 Å². The molecular formula is C21H17FN4O2. The van der Waals surface area contributed by atoms with Crippen molar-refractivity contribution in [2.24, 2.45) is 0 Å². The molecule has 0 saturated carbocycles. The zero-order valence-electron chi connectivity index (χ0n) is 15.0. The van der Waals surface area contributed by atoms with Gasteiger partial charge in [0, 0.05) is 24.8 Å². The van der Waals surface area contributed by atoms with Crippen LogP contribution >= 0.6 is 0 Å². The van der Waals surface area contributed by atoms with Gasteiger partial charge in [0.25, 0.3) is 5.91 Å². The largest absolute Gasteiger partial charge is 0.472 e. The van der Waals surface area contributed by atoms with Crippen molar-refractivity contribution in [3.8, 4) is 11.4 Å². The van der Waals surface area contributed by atoms with Crippen LogP contribution in [-0.2, 0) is 0 Å². The van der Waals surface area contributed by atoms with Gasteiger partial charge in [0.1, 0.15) is 23.4 Å². The van der Waals surface area contributed by atoms with Gasteiger partial charge in [-0.2, -0.15) is 0 Å². The zero-order chi connectivity index (χ0) is 19.1. The summed E-state index contributed by atoms with van der Waals surface area (Å²) in [4.78, 5) is 23.8. The van der Waals surface area contributed by atoms with Crippen molar-refractivity contribution in [2.45, 2.75) is 12.5 Å². The average molecular weight is 376 g/mol. The second-order valence-electron chi connectivity index (χ2n) is 6.87. The highest BCUT2D eigenvalue weighted by molar-refractivity contribution is 5.94. The molecule has 6 nitrogen and oxygen atoms in total. The van der Waals surface area contributed by atoms with Crippen LogP contribution in [0.4, 0.5) is 4.39 Å². The Morgan fingerprint density at radius 3 is 2.96 bits per heavy atom. The Labute approximate surface area is 160 Å². The monoisotopic (exact) mass is 376 g/mol. The molecular weight excluding hydrogens is 359 g/mol. The van der Waals surface area contributed by atoms with Crippen LogP contribution < -0.4 is 0 Å².